The average molecular weight is 199 g/mol. The second kappa shape index (κ2) is 2.92. The van der Waals surface area contributed by atoms with Crippen LogP contribution in [0, 0.1) is 5.82 Å². The lowest BCUT2D eigenvalue weighted by Gasteiger charge is -2.15. The van der Waals surface area contributed by atoms with E-state index in [0.717, 1.165) is 0 Å². The molecule has 0 fully saturated rings. The van der Waals surface area contributed by atoms with Crippen LogP contribution in [0.3, 0.4) is 0 Å². The Balaban J connectivity index is 2.61. The third-order valence-corrected chi connectivity index (χ3v) is 3.10. The lowest BCUT2D eigenvalue weighted by Crippen LogP contribution is -2.26. The van der Waals surface area contributed by atoms with E-state index in [-0.39, 0.29) is 11.4 Å². The molecule has 2 rings (SSSR count). The molecular formula is C8H6FNO2S. The molecule has 0 spiro atoms. The van der Waals surface area contributed by atoms with Crippen LogP contribution < -0.4 is 5.32 Å². The van der Waals surface area contributed by atoms with Crippen LogP contribution in [0.2, 0.25) is 0 Å². The topological polar surface area (TPSA) is 46.2 Å². The largest absolute Gasteiger partial charge is 0.322 e. The van der Waals surface area contributed by atoms with Crippen molar-refractivity contribution in [2.24, 2.45) is 0 Å². The molecule has 1 N–H and O–H groups in total. The highest BCUT2D eigenvalue weighted by Gasteiger charge is 2.23. The smallest absolute Gasteiger partial charge is 0.237 e. The molecule has 3 nitrogen and oxygen atoms in total. The van der Waals surface area contributed by atoms with Crippen molar-refractivity contribution < 1.29 is 13.4 Å². The number of nitrogens with one attached hydrogen (secondary N) is 1. The number of para-hydroxylation sites is 1. The van der Waals surface area contributed by atoms with Gasteiger partial charge in [-0.15, -0.1) is 0 Å². The van der Waals surface area contributed by atoms with Gasteiger partial charge in [0.25, 0.3) is 0 Å². The van der Waals surface area contributed by atoms with Gasteiger partial charge >= 0.3 is 0 Å². The van der Waals surface area contributed by atoms with Crippen LogP contribution in [0.1, 0.15) is 0 Å². The van der Waals surface area contributed by atoms with Crippen molar-refractivity contribution in [1.82, 2.24) is 0 Å². The van der Waals surface area contributed by atoms with Gasteiger partial charge in [-0.05, 0) is 12.1 Å². The first-order valence-electron chi connectivity index (χ1n) is 3.65. The maximum atomic E-state index is 13.1. The van der Waals surface area contributed by atoms with E-state index in [4.69, 9.17) is 0 Å². The minimum Gasteiger partial charge on any atom is -0.322 e. The molecule has 1 heterocycles. The lowest BCUT2D eigenvalue weighted by molar-refractivity contribution is -0.114. The zero-order valence-electron chi connectivity index (χ0n) is 6.54. The van der Waals surface area contributed by atoms with Gasteiger partial charge in [0.05, 0.1) is 21.4 Å². The predicted molar refractivity (Wildman–Crippen MR) is 46.3 cm³/mol. The summed E-state index contributed by atoms with van der Waals surface area (Å²) in [4.78, 5) is 11.3. The molecule has 1 aliphatic rings. The van der Waals surface area contributed by atoms with E-state index in [1.54, 1.807) is 6.07 Å². The minimum atomic E-state index is -1.41. The van der Waals surface area contributed by atoms with Gasteiger partial charge in [0.1, 0.15) is 11.6 Å². The van der Waals surface area contributed by atoms with Gasteiger partial charge in [0.2, 0.25) is 5.91 Å². The Hall–Kier alpha value is -1.23. The van der Waals surface area contributed by atoms with Gasteiger partial charge in [0, 0.05) is 0 Å². The first-order valence-corrected chi connectivity index (χ1v) is 4.97. The van der Waals surface area contributed by atoms with E-state index in [1.165, 1.54) is 12.1 Å². The zero-order valence-corrected chi connectivity index (χ0v) is 7.36. The first-order chi connectivity index (χ1) is 6.18. The summed E-state index contributed by atoms with van der Waals surface area (Å²) in [7, 11) is -1.41. The van der Waals surface area contributed by atoms with Crippen molar-refractivity contribution in [2.45, 2.75) is 4.90 Å². The van der Waals surface area contributed by atoms with Crippen molar-refractivity contribution >= 4 is 22.4 Å². The second-order valence-corrected chi connectivity index (χ2v) is 4.07. The molecule has 0 radical (unpaired) electrons. The second-order valence-electron chi connectivity index (χ2n) is 2.65. The number of benzene rings is 1. The predicted octanol–water partition coefficient (Wildman–Crippen LogP) is 0.885. The normalized spacial score (nSPS) is 20.7. The molecule has 68 valence electrons. The minimum absolute atomic E-state index is 0.0529. The molecule has 0 saturated heterocycles. The Morgan fingerprint density at radius 1 is 1.46 bits per heavy atom. The summed E-state index contributed by atoms with van der Waals surface area (Å²) in [5.41, 5.74) is 0.0529. The molecule has 1 aliphatic heterocycles. The number of fused-ring (bicyclic) bond motifs is 1. The Morgan fingerprint density at radius 2 is 2.23 bits per heavy atom. The van der Waals surface area contributed by atoms with Crippen LogP contribution in [0.15, 0.2) is 23.1 Å². The number of carbonyl (C=O) groups excluding carboxylic acids is 1. The molecule has 1 aromatic carbocycles. The number of hydrogen-bond donors (Lipinski definition) is 1. The summed E-state index contributed by atoms with van der Waals surface area (Å²) in [5.74, 6) is -1.04. The molecule has 13 heavy (non-hydrogen) atoms. The lowest BCUT2D eigenvalue weighted by atomic mass is 10.3. The summed E-state index contributed by atoms with van der Waals surface area (Å²) in [6, 6.07) is 4.25. The van der Waals surface area contributed by atoms with Gasteiger partial charge < -0.3 is 5.32 Å². The van der Waals surface area contributed by atoms with E-state index < -0.39 is 22.5 Å². The zero-order chi connectivity index (χ0) is 9.42. The monoisotopic (exact) mass is 199 g/mol. The maximum absolute atomic E-state index is 13.1. The fourth-order valence-corrected chi connectivity index (χ4v) is 2.26. The van der Waals surface area contributed by atoms with Crippen molar-refractivity contribution in [3.05, 3.63) is 24.0 Å². The van der Waals surface area contributed by atoms with Gasteiger partial charge in [-0.1, -0.05) is 6.07 Å². The fraction of sp³-hybridized carbons (Fsp3) is 0.125. The molecule has 0 aromatic heterocycles. The number of hydrogen-bond acceptors (Lipinski definition) is 2. The van der Waals surface area contributed by atoms with Crippen molar-refractivity contribution in [3.63, 3.8) is 0 Å². The van der Waals surface area contributed by atoms with Crippen LogP contribution in [0.4, 0.5) is 10.1 Å². The summed E-state index contributed by atoms with van der Waals surface area (Å²) >= 11 is 0. The molecule has 1 aromatic rings. The highest BCUT2D eigenvalue weighted by molar-refractivity contribution is 7.86. The van der Waals surface area contributed by atoms with Gasteiger partial charge in [-0.25, -0.2) is 4.39 Å². The van der Waals surface area contributed by atoms with Crippen LogP contribution in [-0.4, -0.2) is 15.9 Å². The van der Waals surface area contributed by atoms with E-state index in [2.05, 4.69) is 5.32 Å². The molecular weight excluding hydrogens is 193 g/mol. The molecule has 0 saturated carbocycles. The Bertz CT molecular complexity index is 405. The van der Waals surface area contributed by atoms with E-state index in [9.17, 15) is 13.4 Å². The molecule has 1 amide bonds. The maximum Gasteiger partial charge on any atom is 0.237 e. The third kappa shape index (κ3) is 1.35. The highest BCUT2D eigenvalue weighted by atomic mass is 32.2. The quantitative estimate of drug-likeness (QED) is 0.674. The number of carbonyl (C=O) groups is 1. The number of anilines is 1. The van der Waals surface area contributed by atoms with Crippen molar-refractivity contribution in [1.29, 1.82) is 0 Å². The van der Waals surface area contributed by atoms with Gasteiger partial charge in [-0.3, -0.25) is 9.00 Å². The fourth-order valence-electron chi connectivity index (χ4n) is 1.19. The van der Waals surface area contributed by atoms with E-state index >= 15 is 0 Å². The highest BCUT2D eigenvalue weighted by Crippen LogP contribution is 2.26. The Kier molecular flexibility index (Phi) is 1.88. The number of amides is 1. The number of rotatable bonds is 0. The molecule has 1 unspecified atom stereocenters. The number of halogens is 1. The van der Waals surface area contributed by atoms with E-state index in [1.807, 2.05) is 0 Å². The van der Waals surface area contributed by atoms with Crippen LogP contribution in [-0.2, 0) is 15.6 Å². The van der Waals surface area contributed by atoms with Gasteiger partial charge in [-0.2, -0.15) is 0 Å². The molecule has 0 bridgehead atoms. The molecule has 5 heteroatoms. The summed E-state index contributed by atoms with van der Waals surface area (Å²) in [6.07, 6.45) is 0. The standard InChI is InChI=1S/C8H6FNO2S/c9-5-2-1-3-6-8(5)10-7(11)4-13(6)12/h1-3H,4H2,(H,10,11). The Morgan fingerprint density at radius 3 is 3.00 bits per heavy atom. The Labute approximate surface area is 76.4 Å². The van der Waals surface area contributed by atoms with Crippen molar-refractivity contribution in [2.75, 3.05) is 11.1 Å². The molecule has 0 aliphatic carbocycles. The van der Waals surface area contributed by atoms with E-state index in [0.29, 0.717) is 4.90 Å². The first kappa shape index (κ1) is 8.37. The van der Waals surface area contributed by atoms with Crippen molar-refractivity contribution in [3.8, 4) is 0 Å². The summed E-state index contributed by atoms with van der Waals surface area (Å²) in [6.45, 7) is 0. The van der Waals surface area contributed by atoms with Crippen LogP contribution in [0.5, 0.6) is 0 Å². The average Bonchev–Trinajstić information content (AvgIpc) is 2.07. The molecule has 1 atom stereocenters. The van der Waals surface area contributed by atoms with Crippen LogP contribution in [0.25, 0.3) is 0 Å². The SMILES string of the molecule is O=C1CS(=O)c2cccc(F)c2N1. The van der Waals surface area contributed by atoms with Gasteiger partial charge in [0.15, 0.2) is 0 Å². The third-order valence-electron chi connectivity index (χ3n) is 1.75. The summed E-state index contributed by atoms with van der Waals surface area (Å²) < 4.78 is 24.4. The summed E-state index contributed by atoms with van der Waals surface area (Å²) in [5, 5.41) is 2.35. The van der Waals surface area contributed by atoms with Crippen LogP contribution >= 0.6 is 0 Å².